The third-order valence-corrected chi connectivity index (χ3v) is 4.55. The number of hydrogen-bond donors (Lipinski definition) is 2. The zero-order chi connectivity index (χ0) is 12.7. The van der Waals surface area contributed by atoms with Gasteiger partial charge in [-0.3, -0.25) is 0 Å². The molecule has 0 bridgehead atoms. The molecular formula is C15H20N4. The third-order valence-electron chi connectivity index (χ3n) is 4.55. The van der Waals surface area contributed by atoms with Crippen LogP contribution in [0.2, 0.25) is 0 Å². The van der Waals surface area contributed by atoms with Gasteiger partial charge in [0.2, 0.25) is 5.95 Å². The molecule has 0 saturated carbocycles. The van der Waals surface area contributed by atoms with Crippen LogP contribution < -0.4 is 5.32 Å². The Kier molecular flexibility index (Phi) is 2.69. The Hall–Kier alpha value is -1.55. The summed E-state index contributed by atoms with van der Waals surface area (Å²) in [5, 5.41) is 3.59. The van der Waals surface area contributed by atoms with Crippen molar-refractivity contribution in [2.75, 3.05) is 18.4 Å². The summed E-state index contributed by atoms with van der Waals surface area (Å²) in [6, 6.07) is 9.57. The molecule has 2 unspecified atom stereocenters. The van der Waals surface area contributed by atoms with E-state index in [1.165, 1.54) is 38.8 Å². The zero-order valence-electron chi connectivity index (χ0n) is 11.1. The van der Waals surface area contributed by atoms with Crippen LogP contribution >= 0.6 is 0 Å². The van der Waals surface area contributed by atoms with E-state index in [1.54, 1.807) is 0 Å². The lowest BCUT2D eigenvalue weighted by Gasteiger charge is -2.35. The molecule has 2 saturated heterocycles. The minimum atomic E-state index is 0.569. The van der Waals surface area contributed by atoms with Crippen molar-refractivity contribution < 1.29 is 0 Å². The number of aromatic amines is 1. The van der Waals surface area contributed by atoms with Crippen molar-refractivity contribution >= 4 is 17.0 Å². The molecule has 0 spiro atoms. The number of H-pyrrole nitrogens is 1. The van der Waals surface area contributed by atoms with E-state index in [2.05, 4.69) is 32.3 Å². The maximum absolute atomic E-state index is 4.61. The Morgan fingerprint density at radius 2 is 2.16 bits per heavy atom. The summed E-state index contributed by atoms with van der Waals surface area (Å²) in [7, 11) is 0. The van der Waals surface area contributed by atoms with Crippen LogP contribution in [0.25, 0.3) is 11.0 Å². The summed E-state index contributed by atoms with van der Waals surface area (Å²) in [4.78, 5) is 10.6. The summed E-state index contributed by atoms with van der Waals surface area (Å²) in [6.45, 7) is 2.55. The first kappa shape index (κ1) is 11.3. The molecule has 2 aliphatic heterocycles. The largest absolute Gasteiger partial charge is 0.353 e. The van der Waals surface area contributed by atoms with Crippen molar-refractivity contribution in [1.82, 2.24) is 14.9 Å². The number of piperidine rings is 1. The standard InChI is InChI=1S/C15H20N4/c1-2-6-14-13(5-1)17-15(18-14)16-11-7-9-19-8-3-4-12(19)10-11/h1-2,5-6,11-12H,3-4,7-10H2,(H2,16,17,18). The van der Waals surface area contributed by atoms with E-state index in [4.69, 9.17) is 0 Å². The highest BCUT2D eigenvalue weighted by Crippen LogP contribution is 2.28. The number of aromatic nitrogens is 2. The van der Waals surface area contributed by atoms with Gasteiger partial charge in [0.25, 0.3) is 0 Å². The van der Waals surface area contributed by atoms with Crippen molar-refractivity contribution in [3.63, 3.8) is 0 Å². The average molecular weight is 256 g/mol. The smallest absolute Gasteiger partial charge is 0.201 e. The topological polar surface area (TPSA) is 44.0 Å². The molecule has 0 amide bonds. The van der Waals surface area contributed by atoms with E-state index in [0.29, 0.717) is 6.04 Å². The molecule has 1 aromatic heterocycles. The molecule has 2 atom stereocenters. The summed E-state index contributed by atoms with van der Waals surface area (Å²) >= 11 is 0. The van der Waals surface area contributed by atoms with Gasteiger partial charge in [0.05, 0.1) is 11.0 Å². The Bertz CT molecular complexity index is 543. The van der Waals surface area contributed by atoms with Gasteiger partial charge in [-0.1, -0.05) is 12.1 Å². The predicted octanol–water partition coefficient (Wildman–Crippen LogP) is 2.60. The van der Waals surface area contributed by atoms with Crippen molar-refractivity contribution in [3.8, 4) is 0 Å². The van der Waals surface area contributed by atoms with Crippen LogP contribution in [0.5, 0.6) is 0 Å². The molecule has 0 aliphatic carbocycles. The lowest BCUT2D eigenvalue weighted by Crippen LogP contribution is -2.42. The van der Waals surface area contributed by atoms with Crippen LogP contribution in [0.3, 0.4) is 0 Å². The van der Waals surface area contributed by atoms with E-state index in [1.807, 2.05) is 12.1 Å². The van der Waals surface area contributed by atoms with Crippen LogP contribution in [0.4, 0.5) is 5.95 Å². The molecule has 2 fully saturated rings. The fourth-order valence-corrected chi connectivity index (χ4v) is 3.57. The van der Waals surface area contributed by atoms with Gasteiger partial charge in [-0.2, -0.15) is 0 Å². The number of fused-ring (bicyclic) bond motifs is 2. The maximum Gasteiger partial charge on any atom is 0.201 e. The number of benzene rings is 1. The van der Waals surface area contributed by atoms with Gasteiger partial charge in [-0.15, -0.1) is 0 Å². The molecule has 4 nitrogen and oxygen atoms in total. The highest BCUT2D eigenvalue weighted by molar-refractivity contribution is 5.77. The normalized spacial score (nSPS) is 27.6. The molecule has 100 valence electrons. The van der Waals surface area contributed by atoms with Gasteiger partial charge < -0.3 is 15.2 Å². The molecular weight excluding hydrogens is 236 g/mol. The number of nitrogens with one attached hydrogen (secondary N) is 2. The Morgan fingerprint density at radius 1 is 1.21 bits per heavy atom. The second-order valence-corrected chi connectivity index (χ2v) is 5.80. The zero-order valence-corrected chi connectivity index (χ0v) is 11.1. The summed E-state index contributed by atoms with van der Waals surface area (Å²) in [5.41, 5.74) is 2.16. The lowest BCUT2D eigenvalue weighted by atomic mass is 9.98. The number of nitrogens with zero attached hydrogens (tertiary/aromatic N) is 2. The van der Waals surface area contributed by atoms with Crippen LogP contribution in [-0.4, -0.2) is 40.0 Å². The SMILES string of the molecule is c1ccc2[nH]c(NC3CCN4CCCC4C3)nc2c1. The molecule has 0 radical (unpaired) electrons. The fraction of sp³-hybridized carbons (Fsp3) is 0.533. The van der Waals surface area contributed by atoms with Gasteiger partial charge in [0, 0.05) is 18.6 Å². The van der Waals surface area contributed by atoms with E-state index in [-0.39, 0.29) is 0 Å². The first-order valence-electron chi connectivity index (χ1n) is 7.34. The van der Waals surface area contributed by atoms with Crippen molar-refractivity contribution in [2.24, 2.45) is 0 Å². The average Bonchev–Trinajstić information content (AvgIpc) is 3.03. The third kappa shape index (κ3) is 2.10. The van der Waals surface area contributed by atoms with Gasteiger partial charge in [-0.05, 0) is 44.4 Å². The van der Waals surface area contributed by atoms with Crippen LogP contribution in [-0.2, 0) is 0 Å². The van der Waals surface area contributed by atoms with Crippen LogP contribution in [0, 0.1) is 0 Å². The fourth-order valence-electron chi connectivity index (χ4n) is 3.57. The van der Waals surface area contributed by atoms with E-state index < -0.39 is 0 Å². The first-order valence-corrected chi connectivity index (χ1v) is 7.34. The Balaban J connectivity index is 1.48. The van der Waals surface area contributed by atoms with Gasteiger partial charge in [-0.25, -0.2) is 4.98 Å². The predicted molar refractivity (Wildman–Crippen MR) is 77.3 cm³/mol. The molecule has 4 heteroatoms. The molecule has 1 aromatic carbocycles. The van der Waals surface area contributed by atoms with Crippen LogP contribution in [0.1, 0.15) is 25.7 Å². The number of imidazole rings is 1. The summed E-state index contributed by atoms with van der Waals surface area (Å²) < 4.78 is 0. The summed E-state index contributed by atoms with van der Waals surface area (Å²) in [5.74, 6) is 0.928. The quantitative estimate of drug-likeness (QED) is 0.868. The second kappa shape index (κ2) is 4.53. The maximum atomic E-state index is 4.61. The Labute approximate surface area is 113 Å². The van der Waals surface area contributed by atoms with Crippen LogP contribution in [0.15, 0.2) is 24.3 Å². The van der Waals surface area contributed by atoms with Crippen molar-refractivity contribution in [1.29, 1.82) is 0 Å². The van der Waals surface area contributed by atoms with Gasteiger partial charge >= 0.3 is 0 Å². The summed E-state index contributed by atoms with van der Waals surface area (Å²) in [6.07, 6.45) is 5.24. The van der Waals surface area contributed by atoms with E-state index in [9.17, 15) is 0 Å². The monoisotopic (exact) mass is 256 g/mol. The number of anilines is 1. The van der Waals surface area contributed by atoms with E-state index >= 15 is 0 Å². The first-order chi connectivity index (χ1) is 9.38. The molecule has 2 aromatic rings. The van der Waals surface area contributed by atoms with Crippen molar-refractivity contribution in [3.05, 3.63) is 24.3 Å². The van der Waals surface area contributed by atoms with Crippen molar-refractivity contribution in [2.45, 2.75) is 37.8 Å². The molecule has 19 heavy (non-hydrogen) atoms. The molecule has 3 heterocycles. The van der Waals surface area contributed by atoms with E-state index in [0.717, 1.165) is 23.0 Å². The molecule has 2 N–H and O–H groups in total. The van der Waals surface area contributed by atoms with Gasteiger partial charge in [0.1, 0.15) is 0 Å². The highest BCUT2D eigenvalue weighted by atomic mass is 15.2. The molecule has 4 rings (SSSR count). The second-order valence-electron chi connectivity index (χ2n) is 5.80. The van der Waals surface area contributed by atoms with Gasteiger partial charge in [0.15, 0.2) is 0 Å². The highest BCUT2D eigenvalue weighted by Gasteiger charge is 2.31. The number of hydrogen-bond acceptors (Lipinski definition) is 3. The number of rotatable bonds is 2. The Morgan fingerprint density at radius 3 is 3.11 bits per heavy atom. The lowest BCUT2D eigenvalue weighted by molar-refractivity contribution is 0.188. The minimum Gasteiger partial charge on any atom is -0.353 e. The number of para-hydroxylation sites is 2. The molecule has 2 aliphatic rings. The minimum absolute atomic E-state index is 0.569.